The SMILES string of the molecule is Cn1nc(CC(N)C(=O)O)c2ccc(F)cc21. The summed E-state index contributed by atoms with van der Waals surface area (Å²) in [6.07, 6.45) is 0.123. The summed E-state index contributed by atoms with van der Waals surface area (Å²) in [5.74, 6) is -1.43. The number of halogens is 1. The van der Waals surface area contributed by atoms with Crippen molar-refractivity contribution in [3.8, 4) is 0 Å². The zero-order valence-electron chi connectivity index (χ0n) is 9.22. The Balaban J connectivity index is 2.45. The zero-order valence-corrected chi connectivity index (χ0v) is 9.22. The largest absolute Gasteiger partial charge is 0.480 e. The Hall–Kier alpha value is -1.95. The molecule has 90 valence electrons. The van der Waals surface area contributed by atoms with E-state index >= 15 is 0 Å². The van der Waals surface area contributed by atoms with Crippen LogP contribution in [0.1, 0.15) is 5.69 Å². The fourth-order valence-corrected chi connectivity index (χ4v) is 1.75. The van der Waals surface area contributed by atoms with E-state index in [1.807, 2.05) is 0 Å². The average Bonchev–Trinajstić information content (AvgIpc) is 2.55. The van der Waals surface area contributed by atoms with Crippen molar-refractivity contribution in [2.24, 2.45) is 12.8 Å². The van der Waals surface area contributed by atoms with Gasteiger partial charge < -0.3 is 10.8 Å². The number of carboxylic acid groups (broad SMARTS) is 1. The monoisotopic (exact) mass is 237 g/mol. The maximum absolute atomic E-state index is 13.1. The number of hydrogen-bond donors (Lipinski definition) is 2. The summed E-state index contributed by atoms with van der Waals surface area (Å²) in [4.78, 5) is 10.7. The molecule has 1 atom stereocenters. The van der Waals surface area contributed by atoms with Crippen LogP contribution in [0, 0.1) is 5.82 Å². The van der Waals surface area contributed by atoms with Crippen LogP contribution in [0.15, 0.2) is 18.2 Å². The standard InChI is InChI=1S/C11H12FN3O2/c1-15-10-4-6(12)2-3-7(10)9(14-15)5-8(13)11(16)17/h2-4,8H,5,13H2,1H3,(H,16,17). The highest BCUT2D eigenvalue weighted by molar-refractivity contribution is 5.83. The highest BCUT2D eigenvalue weighted by Crippen LogP contribution is 2.19. The fraction of sp³-hybridized carbons (Fsp3) is 0.273. The molecule has 6 heteroatoms. The molecule has 0 aliphatic rings. The first-order valence-corrected chi connectivity index (χ1v) is 5.08. The third-order valence-corrected chi connectivity index (χ3v) is 2.62. The normalized spacial score (nSPS) is 12.9. The van der Waals surface area contributed by atoms with Crippen molar-refractivity contribution in [1.29, 1.82) is 0 Å². The second kappa shape index (κ2) is 4.14. The molecular weight excluding hydrogens is 225 g/mol. The molecule has 0 radical (unpaired) electrons. The molecule has 0 aliphatic carbocycles. The van der Waals surface area contributed by atoms with Gasteiger partial charge in [-0.25, -0.2) is 4.39 Å². The number of nitrogens with two attached hydrogens (primary N) is 1. The Morgan fingerprint density at radius 1 is 1.65 bits per heavy atom. The molecule has 17 heavy (non-hydrogen) atoms. The lowest BCUT2D eigenvalue weighted by Gasteiger charge is -2.03. The van der Waals surface area contributed by atoms with E-state index in [2.05, 4.69) is 5.10 Å². The molecule has 0 amide bonds. The van der Waals surface area contributed by atoms with E-state index in [0.717, 1.165) is 5.39 Å². The van der Waals surface area contributed by atoms with Gasteiger partial charge in [-0.1, -0.05) is 0 Å². The van der Waals surface area contributed by atoms with E-state index in [-0.39, 0.29) is 12.2 Å². The third kappa shape index (κ3) is 2.12. The molecule has 0 aliphatic heterocycles. The van der Waals surface area contributed by atoms with E-state index < -0.39 is 12.0 Å². The first-order chi connectivity index (χ1) is 7.99. The van der Waals surface area contributed by atoms with Gasteiger partial charge in [0.1, 0.15) is 11.9 Å². The average molecular weight is 237 g/mol. The Morgan fingerprint density at radius 2 is 2.35 bits per heavy atom. The van der Waals surface area contributed by atoms with Gasteiger partial charge in [0, 0.05) is 18.9 Å². The van der Waals surface area contributed by atoms with Gasteiger partial charge in [0.15, 0.2) is 0 Å². The molecular formula is C11H12FN3O2. The van der Waals surface area contributed by atoms with Crippen LogP contribution in [0.25, 0.3) is 10.9 Å². The molecule has 5 nitrogen and oxygen atoms in total. The molecule has 2 aromatic rings. The summed E-state index contributed by atoms with van der Waals surface area (Å²) in [6.45, 7) is 0. The van der Waals surface area contributed by atoms with Crippen LogP contribution in [0.5, 0.6) is 0 Å². The van der Waals surface area contributed by atoms with Crippen molar-refractivity contribution in [3.63, 3.8) is 0 Å². The Kier molecular flexibility index (Phi) is 2.81. The summed E-state index contributed by atoms with van der Waals surface area (Å²) < 4.78 is 14.6. The second-order valence-corrected chi connectivity index (χ2v) is 3.88. The molecule has 0 spiro atoms. The minimum Gasteiger partial charge on any atom is -0.480 e. The summed E-state index contributed by atoms with van der Waals surface area (Å²) >= 11 is 0. The Labute approximate surface area is 96.6 Å². The highest BCUT2D eigenvalue weighted by Gasteiger charge is 2.17. The molecule has 0 saturated heterocycles. The first-order valence-electron chi connectivity index (χ1n) is 5.08. The van der Waals surface area contributed by atoms with Crippen molar-refractivity contribution in [1.82, 2.24) is 9.78 Å². The van der Waals surface area contributed by atoms with Gasteiger partial charge in [-0.15, -0.1) is 0 Å². The third-order valence-electron chi connectivity index (χ3n) is 2.62. The van der Waals surface area contributed by atoms with Crippen molar-refractivity contribution in [3.05, 3.63) is 29.7 Å². The minimum absolute atomic E-state index is 0.123. The van der Waals surface area contributed by atoms with E-state index in [1.165, 1.54) is 16.8 Å². The molecule has 0 fully saturated rings. The number of carbonyl (C=O) groups is 1. The lowest BCUT2D eigenvalue weighted by Crippen LogP contribution is -2.32. The summed E-state index contributed by atoms with van der Waals surface area (Å²) in [5.41, 5.74) is 6.65. The number of rotatable bonds is 3. The summed E-state index contributed by atoms with van der Waals surface area (Å²) in [5, 5.41) is 13.6. The van der Waals surface area contributed by atoms with Crippen LogP contribution in [0.4, 0.5) is 4.39 Å². The van der Waals surface area contributed by atoms with Crippen molar-refractivity contribution in [2.45, 2.75) is 12.5 Å². The quantitative estimate of drug-likeness (QED) is 0.822. The van der Waals surface area contributed by atoms with Gasteiger partial charge in [0.25, 0.3) is 0 Å². The van der Waals surface area contributed by atoms with Gasteiger partial charge in [0.2, 0.25) is 0 Å². The number of aromatic nitrogens is 2. The molecule has 1 heterocycles. The van der Waals surface area contributed by atoms with Gasteiger partial charge in [-0.3, -0.25) is 9.48 Å². The molecule has 2 rings (SSSR count). The number of aliphatic carboxylic acids is 1. The van der Waals surface area contributed by atoms with Crippen LogP contribution in [0.2, 0.25) is 0 Å². The Morgan fingerprint density at radius 3 is 3.00 bits per heavy atom. The molecule has 1 unspecified atom stereocenters. The predicted molar refractivity (Wildman–Crippen MR) is 60.0 cm³/mol. The zero-order chi connectivity index (χ0) is 12.6. The number of benzene rings is 1. The second-order valence-electron chi connectivity index (χ2n) is 3.88. The van der Waals surface area contributed by atoms with Crippen molar-refractivity contribution < 1.29 is 14.3 Å². The Bertz CT molecular complexity index is 579. The van der Waals surface area contributed by atoms with Crippen molar-refractivity contribution in [2.75, 3.05) is 0 Å². The molecule has 1 aromatic heterocycles. The van der Waals surface area contributed by atoms with E-state index in [0.29, 0.717) is 11.2 Å². The number of hydrogen-bond acceptors (Lipinski definition) is 3. The molecule has 0 saturated carbocycles. The fourth-order valence-electron chi connectivity index (χ4n) is 1.75. The lowest BCUT2D eigenvalue weighted by atomic mass is 10.1. The van der Waals surface area contributed by atoms with E-state index in [4.69, 9.17) is 10.8 Å². The number of carboxylic acids is 1. The van der Waals surface area contributed by atoms with Crippen LogP contribution in [-0.4, -0.2) is 26.9 Å². The lowest BCUT2D eigenvalue weighted by molar-refractivity contribution is -0.138. The van der Waals surface area contributed by atoms with Gasteiger partial charge >= 0.3 is 5.97 Å². The smallest absolute Gasteiger partial charge is 0.320 e. The highest BCUT2D eigenvalue weighted by atomic mass is 19.1. The van der Waals surface area contributed by atoms with Crippen LogP contribution in [0.3, 0.4) is 0 Å². The molecule has 1 aromatic carbocycles. The molecule has 3 N–H and O–H groups in total. The van der Waals surface area contributed by atoms with Crippen LogP contribution in [-0.2, 0) is 18.3 Å². The van der Waals surface area contributed by atoms with Gasteiger partial charge in [-0.05, 0) is 18.2 Å². The van der Waals surface area contributed by atoms with Gasteiger partial charge in [0.05, 0.1) is 11.2 Å². The topological polar surface area (TPSA) is 81.1 Å². The van der Waals surface area contributed by atoms with Crippen LogP contribution >= 0.6 is 0 Å². The van der Waals surface area contributed by atoms with Gasteiger partial charge in [-0.2, -0.15) is 5.10 Å². The number of fused-ring (bicyclic) bond motifs is 1. The maximum Gasteiger partial charge on any atom is 0.320 e. The number of nitrogens with zero attached hydrogens (tertiary/aromatic N) is 2. The predicted octanol–water partition coefficient (Wildman–Crippen LogP) is 0.667. The maximum atomic E-state index is 13.1. The van der Waals surface area contributed by atoms with Crippen molar-refractivity contribution >= 4 is 16.9 Å². The minimum atomic E-state index is -1.08. The first kappa shape index (κ1) is 11.5. The summed E-state index contributed by atoms with van der Waals surface area (Å²) in [6, 6.07) is 3.26. The molecule has 0 bridgehead atoms. The van der Waals surface area contributed by atoms with E-state index in [1.54, 1.807) is 13.1 Å². The number of aryl methyl sites for hydroxylation is 1. The van der Waals surface area contributed by atoms with Crippen LogP contribution < -0.4 is 5.73 Å². The van der Waals surface area contributed by atoms with E-state index in [9.17, 15) is 9.18 Å². The summed E-state index contributed by atoms with van der Waals surface area (Å²) in [7, 11) is 1.68.